The molecule has 1 aromatic carbocycles. The first-order valence-electron chi connectivity index (χ1n) is 7.25. The van der Waals surface area contributed by atoms with Crippen LogP contribution in [0, 0.1) is 5.92 Å². The highest BCUT2D eigenvalue weighted by molar-refractivity contribution is 5.33. The molecule has 0 aromatic heterocycles. The lowest BCUT2D eigenvalue weighted by Crippen LogP contribution is -2.33. The summed E-state index contributed by atoms with van der Waals surface area (Å²) in [5.41, 5.74) is 0. The molecule has 0 amide bonds. The lowest BCUT2D eigenvalue weighted by Gasteiger charge is -2.19. The van der Waals surface area contributed by atoms with Gasteiger partial charge < -0.3 is 14.8 Å². The van der Waals surface area contributed by atoms with Crippen molar-refractivity contribution in [1.82, 2.24) is 5.32 Å². The Hall–Kier alpha value is -1.22. The van der Waals surface area contributed by atoms with E-state index in [2.05, 4.69) is 26.1 Å². The molecule has 1 rings (SSSR count). The summed E-state index contributed by atoms with van der Waals surface area (Å²) in [6.07, 6.45) is 1.19. The van der Waals surface area contributed by atoms with Crippen LogP contribution < -0.4 is 14.8 Å². The fourth-order valence-corrected chi connectivity index (χ4v) is 1.80. The van der Waals surface area contributed by atoms with Gasteiger partial charge in [0.1, 0.15) is 17.6 Å². The van der Waals surface area contributed by atoms with E-state index in [4.69, 9.17) is 9.47 Å². The Balaban J connectivity index is 2.47. The molecule has 0 heterocycles. The van der Waals surface area contributed by atoms with Crippen molar-refractivity contribution in [3.05, 3.63) is 24.3 Å². The molecular formula is C16H27NO2. The highest BCUT2D eigenvalue weighted by atomic mass is 16.5. The van der Waals surface area contributed by atoms with Crippen molar-refractivity contribution < 1.29 is 9.47 Å². The maximum Gasteiger partial charge on any atom is 0.123 e. The van der Waals surface area contributed by atoms with Gasteiger partial charge in [-0.15, -0.1) is 0 Å². The second kappa shape index (κ2) is 8.81. The summed E-state index contributed by atoms with van der Waals surface area (Å²) < 4.78 is 11.5. The zero-order chi connectivity index (χ0) is 14.1. The zero-order valence-corrected chi connectivity index (χ0v) is 12.6. The van der Waals surface area contributed by atoms with Crippen LogP contribution in [-0.4, -0.2) is 25.8 Å². The molecule has 0 bridgehead atoms. The minimum atomic E-state index is 0.204. The van der Waals surface area contributed by atoms with Crippen LogP contribution in [0.1, 0.15) is 34.1 Å². The van der Waals surface area contributed by atoms with Crippen LogP contribution in [0.5, 0.6) is 11.5 Å². The van der Waals surface area contributed by atoms with Crippen LogP contribution in [0.15, 0.2) is 24.3 Å². The van der Waals surface area contributed by atoms with Gasteiger partial charge in [-0.05, 0) is 37.9 Å². The first kappa shape index (κ1) is 15.8. The number of hydrogen-bond donors (Lipinski definition) is 1. The molecule has 3 nitrogen and oxygen atoms in total. The SMILES string of the molecule is CCOc1cccc(OC(CC)CNCC(C)C)c1. The van der Waals surface area contributed by atoms with E-state index in [1.54, 1.807) is 0 Å². The van der Waals surface area contributed by atoms with Crippen molar-refractivity contribution in [3.63, 3.8) is 0 Å². The van der Waals surface area contributed by atoms with Gasteiger partial charge in [-0.2, -0.15) is 0 Å². The van der Waals surface area contributed by atoms with Gasteiger partial charge in [0.05, 0.1) is 6.61 Å². The number of benzene rings is 1. The van der Waals surface area contributed by atoms with Crippen LogP contribution in [0.4, 0.5) is 0 Å². The molecular weight excluding hydrogens is 238 g/mol. The molecule has 0 aliphatic heterocycles. The lowest BCUT2D eigenvalue weighted by molar-refractivity contribution is 0.191. The summed E-state index contributed by atoms with van der Waals surface area (Å²) in [6.45, 7) is 11.1. The molecule has 0 aliphatic carbocycles. The van der Waals surface area contributed by atoms with Gasteiger partial charge in [-0.25, -0.2) is 0 Å². The lowest BCUT2D eigenvalue weighted by atomic mass is 10.2. The van der Waals surface area contributed by atoms with Crippen molar-refractivity contribution in [2.45, 2.75) is 40.2 Å². The van der Waals surface area contributed by atoms with E-state index in [1.165, 1.54) is 0 Å². The van der Waals surface area contributed by atoms with E-state index in [0.717, 1.165) is 31.0 Å². The van der Waals surface area contributed by atoms with E-state index in [-0.39, 0.29) is 6.10 Å². The molecule has 1 unspecified atom stereocenters. The maximum atomic E-state index is 5.99. The first-order chi connectivity index (χ1) is 9.15. The Labute approximate surface area is 117 Å². The average molecular weight is 265 g/mol. The quantitative estimate of drug-likeness (QED) is 0.741. The Morgan fingerprint density at radius 1 is 1.11 bits per heavy atom. The van der Waals surface area contributed by atoms with Crippen LogP contribution in [0.25, 0.3) is 0 Å². The summed E-state index contributed by atoms with van der Waals surface area (Å²) in [4.78, 5) is 0. The Bertz CT molecular complexity index is 352. The highest BCUT2D eigenvalue weighted by Crippen LogP contribution is 2.20. The molecule has 0 saturated carbocycles. The highest BCUT2D eigenvalue weighted by Gasteiger charge is 2.08. The van der Waals surface area contributed by atoms with E-state index in [9.17, 15) is 0 Å². The Morgan fingerprint density at radius 3 is 2.47 bits per heavy atom. The normalized spacial score (nSPS) is 12.5. The topological polar surface area (TPSA) is 30.5 Å². The van der Waals surface area contributed by atoms with Gasteiger partial charge in [0, 0.05) is 12.6 Å². The number of nitrogens with one attached hydrogen (secondary N) is 1. The third-order valence-electron chi connectivity index (χ3n) is 2.80. The molecule has 3 heteroatoms. The molecule has 108 valence electrons. The van der Waals surface area contributed by atoms with Gasteiger partial charge in [-0.3, -0.25) is 0 Å². The predicted octanol–water partition coefficient (Wildman–Crippen LogP) is 3.49. The number of rotatable bonds is 9. The van der Waals surface area contributed by atoms with Gasteiger partial charge in [0.15, 0.2) is 0 Å². The summed E-state index contributed by atoms with van der Waals surface area (Å²) in [5, 5.41) is 3.44. The van der Waals surface area contributed by atoms with E-state index < -0.39 is 0 Å². The van der Waals surface area contributed by atoms with Gasteiger partial charge in [-0.1, -0.05) is 26.8 Å². The summed E-state index contributed by atoms with van der Waals surface area (Å²) >= 11 is 0. The molecule has 0 radical (unpaired) electrons. The Morgan fingerprint density at radius 2 is 1.84 bits per heavy atom. The van der Waals surface area contributed by atoms with Crippen molar-refractivity contribution in [1.29, 1.82) is 0 Å². The van der Waals surface area contributed by atoms with Crippen molar-refractivity contribution >= 4 is 0 Å². The summed E-state index contributed by atoms with van der Waals surface area (Å²) in [7, 11) is 0. The standard InChI is InChI=1S/C16H27NO2/c1-5-14(12-17-11-13(3)4)19-16-9-7-8-15(10-16)18-6-2/h7-10,13-14,17H,5-6,11-12H2,1-4H3. The largest absolute Gasteiger partial charge is 0.494 e. The Kier molecular flexibility index (Phi) is 7.34. The molecule has 0 fully saturated rings. The number of ether oxygens (including phenoxy) is 2. The zero-order valence-electron chi connectivity index (χ0n) is 12.6. The summed E-state index contributed by atoms with van der Waals surface area (Å²) in [6, 6.07) is 7.85. The second-order valence-electron chi connectivity index (χ2n) is 5.11. The molecule has 19 heavy (non-hydrogen) atoms. The van der Waals surface area contributed by atoms with Crippen LogP contribution in [0.3, 0.4) is 0 Å². The maximum absolute atomic E-state index is 5.99. The summed E-state index contributed by atoms with van der Waals surface area (Å²) in [5.74, 6) is 2.41. The first-order valence-corrected chi connectivity index (χ1v) is 7.25. The minimum Gasteiger partial charge on any atom is -0.494 e. The van der Waals surface area contributed by atoms with Crippen LogP contribution in [-0.2, 0) is 0 Å². The molecule has 0 saturated heterocycles. The monoisotopic (exact) mass is 265 g/mol. The van der Waals surface area contributed by atoms with Crippen molar-refractivity contribution in [3.8, 4) is 11.5 Å². The fraction of sp³-hybridized carbons (Fsp3) is 0.625. The number of hydrogen-bond acceptors (Lipinski definition) is 3. The third-order valence-corrected chi connectivity index (χ3v) is 2.80. The molecule has 1 aromatic rings. The predicted molar refractivity (Wildman–Crippen MR) is 80.0 cm³/mol. The van der Waals surface area contributed by atoms with E-state index in [0.29, 0.717) is 12.5 Å². The fourth-order valence-electron chi connectivity index (χ4n) is 1.80. The second-order valence-corrected chi connectivity index (χ2v) is 5.11. The molecule has 1 atom stereocenters. The van der Waals surface area contributed by atoms with Gasteiger partial charge in [0.2, 0.25) is 0 Å². The van der Waals surface area contributed by atoms with Gasteiger partial charge >= 0.3 is 0 Å². The van der Waals surface area contributed by atoms with Crippen molar-refractivity contribution in [2.24, 2.45) is 5.92 Å². The van der Waals surface area contributed by atoms with E-state index in [1.807, 2.05) is 31.2 Å². The third kappa shape index (κ3) is 6.48. The average Bonchev–Trinajstić information content (AvgIpc) is 2.38. The van der Waals surface area contributed by atoms with Crippen LogP contribution in [0.2, 0.25) is 0 Å². The molecule has 1 N–H and O–H groups in total. The molecule has 0 spiro atoms. The van der Waals surface area contributed by atoms with E-state index >= 15 is 0 Å². The smallest absolute Gasteiger partial charge is 0.123 e. The van der Waals surface area contributed by atoms with Crippen LogP contribution >= 0.6 is 0 Å². The molecule has 0 aliphatic rings. The van der Waals surface area contributed by atoms with Gasteiger partial charge in [0.25, 0.3) is 0 Å². The minimum absolute atomic E-state index is 0.204. The van der Waals surface area contributed by atoms with Crippen molar-refractivity contribution in [2.75, 3.05) is 19.7 Å².